The molecule has 7 heteroatoms. The Morgan fingerprint density at radius 2 is 1.18 bits per heavy atom. The third-order valence-electron chi connectivity index (χ3n) is 11.3. The normalized spacial score (nSPS) is 15.6. The summed E-state index contributed by atoms with van der Waals surface area (Å²) in [6.45, 7) is 0. The maximum Gasteiger partial charge on any atom is 0.151 e. The molecule has 0 bridgehead atoms. The molecule has 9 aromatic rings. The molecule has 1 spiro atoms. The second kappa shape index (κ2) is 10.9. The van der Waals surface area contributed by atoms with Gasteiger partial charge in [-0.3, -0.25) is 9.97 Å². The zero-order chi connectivity index (χ0) is 36.3. The molecule has 0 saturated heterocycles. The number of ether oxygens (including phenoxy) is 2. The van der Waals surface area contributed by atoms with Crippen LogP contribution in [0.3, 0.4) is 0 Å². The highest BCUT2D eigenvalue weighted by Crippen LogP contribution is 2.63. The molecule has 6 aromatic carbocycles. The van der Waals surface area contributed by atoms with Gasteiger partial charge in [0, 0.05) is 33.7 Å². The lowest BCUT2D eigenvalue weighted by atomic mass is 9.65. The topological polar surface area (TPSA) is 76.2 Å². The van der Waals surface area contributed by atoms with Gasteiger partial charge in [0.15, 0.2) is 11.5 Å². The Kier molecular flexibility index (Phi) is 5.92. The van der Waals surface area contributed by atoms with Crippen molar-refractivity contribution in [2.24, 2.45) is 0 Å². The summed E-state index contributed by atoms with van der Waals surface area (Å²) in [6, 6.07) is 54.1. The fourth-order valence-electron chi connectivity index (χ4n) is 9.22. The zero-order valence-electron chi connectivity index (χ0n) is 29.1. The molecule has 55 heavy (non-hydrogen) atoms. The molecule has 0 amide bonds. The quantitative estimate of drug-likeness (QED) is 0.178. The number of anilines is 3. The van der Waals surface area contributed by atoms with Gasteiger partial charge in [-0.2, -0.15) is 5.26 Å². The Balaban J connectivity index is 1.22. The molecule has 5 heterocycles. The van der Waals surface area contributed by atoms with Crippen LogP contribution in [0.2, 0.25) is 0 Å². The fourth-order valence-corrected chi connectivity index (χ4v) is 9.22. The number of para-hydroxylation sites is 6. The fraction of sp³-hybridized carbons (Fsp3) is 0.0208. The van der Waals surface area contributed by atoms with Gasteiger partial charge < -0.3 is 18.9 Å². The second-order valence-corrected chi connectivity index (χ2v) is 14.1. The third-order valence-corrected chi connectivity index (χ3v) is 11.3. The van der Waals surface area contributed by atoms with Crippen molar-refractivity contribution in [3.8, 4) is 46.1 Å². The van der Waals surface area contributed by atoms with E-state index in [0.717, 1.165) is 101 Å². The number of hydrogen-bond acceptors (Lipinski definition) is 6. The minimum atomic E-state index is -0.877. The average molecular weight is 706 g/mol. The van der Waals surface area contributed by atoms with Crippen molar-refractivity contribution in [3.05, 3.63) is 192 Å². The standard InChI is InChI=1S/C48H27N5O2/c49-27-29-22-23-37-32(25-29)31-11-1-3-14-36(31)53(37)40-17-9-21-44-45(40)48(33-12-2-6-18-41(33)54-44)34-13-10-24-50-46(34)47-35(48)26-30(28-51-47)52-38-15-4-7-19-42(38)55-43-20-8-5-16-39(43)52/h1-26,28H. The SMILES string of the molecule is N#Cc1ccc2c(c1)c1ccccc1n2-c1cccc2c1C1(c3ccccc3O2)c2cccnc2-c2ncc(N3c4ccccc4Oc4ccccc43)cc21. The van der Waals surface area contributed by atoms with E-state index in [2.05, 4.69) is 107 Å². The van der Waals surface area contributed by atoms with E-state index in [-0.39, 0.29) is 0 Å². The highest BCUT2D eigenvalue weighted by molar-refractivity contribution is 6.10. The Bertz CT molecular complexity index is 3110. The predicted molar refractivity (Wildman–Crippen MR) is 213 cm³/mol. The molecule has 0 fully saturated rings. The smallest absolute Gasteiger partial charge is 0.151 e. The van der Waals surface area contributed by atoms with E-state index in [9.17, 15) is 5.26 Å². The largest absolute Gasteiger partial charge is 0.457 e. The zero-order valence-corrected chi connectivity index (χ0v) is 29.1. The lowest BCUT2D eigenvalue weighted by Crippen LogP contribution is -2.34. The molecule has 7 nitrogen and oxygen atoms in total. The van der Waals surface area contributed by atoms with Crippen LogP contribution in [-0.4, -0.2) is 14.5 Å². The first-order chi connectivity index (χ1) is 27.2. The van der Waals surface area contributed by atoms with E-state index in [0.29, 0.717) is 5.56 Å². The van der Waals surface area contributed by atoms with Crippen LogP contribution in [0, 0.1) is 11.3 Å². The van der Waals surface area contributed by atoms with Crippen LogP contribution in [-0.2, 0) is 5.41 Å². The van der Waals surface area contributed by atoms with Gasteiger partial charge >= 0.3 is 0 Å². The number of benzene rings is 6. The van der Waals surface area contributed by atoms with Gasteiger partial charge in [-0.15, -0.1) is 0 Å². The maximum absolute atomic E-state index is 9.90. The summed E-state index contributed by atoms with van der Waals surface area (Å²) in [6.07, 6.45) is 3.80. The van der Waals surface area contributed by atoms with Crippen LogP contribution in [0.5, 0.6) is 23.0 Å². The van der Waals surface area contributed by atoms with Crippen molar-refractivity contribution in [2.75, 3.05) is 4.90 Å². The molecule has 1 unspecified atom stereocenters. The van der Waals surface area contributed by atoms with E-state index in [4.69, 9.17) is 19.4 Å². The van der Waals surface area contributed by atoms with Gasteiger partial charge in [0.1, 0.15) is 11.5 Å². The monoisotopic (exact) mass is 705 g/mol. The summed E-state index contributed by atoms with van der Waals surface area (Å²) >= 11 is 0. The highest BCUT2D eigenvalue weighted by Gasteiger charge is 2.54. The van der Waals surface area contributed by atoms with Crippen molar-refractivity contribution in [2.45, 2.75) is 5.41 Å². The molecule has 12 rings (SSSR count). The van der Waals surface area contributed by atoms with Crippen LogP contribution in [0.1, 0.15) is 27.8 Å². The van der Waals surface area contributed by atoms with Crippen molar-refractivity contribution in [3.63, 3.8) is 0 Å². The third kappa shape index (κ3) is 3.87. The number of rotatable bonds is 2. The minimum Gasteiger partial charge on any atom is -0.457 e. The predicted octanol–water partition coefficient (Wildman–Crippen LogP) is 11.5. The number of nitrogens with zero attached hydrogens (tertiary/aromatic N) is 5. The molecule has 0 radical (unpaired) electrons. The number of fused-ring (bicyclic) bond motifs is 14. The number of aromatic nitrogens is 3. The number of nitriles is 1. The van der Waals surface area contributed by atoms with Crippen LogP contribution in [0.15, 0.2) is 164 Å². The van der Waals surface area contributed by atoms with Gasteiger partial charge in [-0.25, -0.2) is 0 Å². The molecular weight excluding hydrogens is 679 g/mol. The molecule has 1 atom stereocenters. The molecule has 1 aliphatic carbocycles. The highest BCUT2D eigenvalue weighted by atomic mass is 16.5. The van der Waals surface area contributed by atoms with Crippen LogP contribution in [0.4, 0.5) is 17.1 Å². The number of pyridine rings is 2. The van der Waals surface area contributed by atoms with E-state index < -0.39 is 5.41 Å². The maximum atomic E-state index is 9.90. The molecular formula is C48H27N5O2. The first-order valence-electron chi connectivity index (χ1n) is 18.2. The first kappa shape index (κ1) is 29.8. The lowest BCUT2D eigenvalue weighted by Gasteiger charge is -2.40. The van der Waals surface area contributed by atoms with E-state index >= 15 is 0 Å². The summed E-state index contributed by atoms with van der Waals surface area (Å²) in [7, 11) is 0. The van der Waals surface area contributed by atoms with E-state index in [1.165, 1.54) is 0 Å². The van der Waals surface area contributed by atoms with E-state index in [1.54, 1.807) is 0 Å². The Morgan fingerprint density at radius 1 is 0.527 bits per heavy atom. The van der Waals surface area contributed by atoms with Crippen molar-refractivity contribution < 1.29 is 9.47 Å². The van der Waals surface area contributed by atoms with Gasteiger partial charge in [0.2, 0.25) is 0 Å². The second-order valence-electron chi connectivity index (χ2n) is 14.1. The van der Waals surface area contributed by atoms with Crippen molar-refractivity contribution >= 4 is 38.9 Å². The van der Waals surface area contributed by atoms with Crippen LogP contribution < -0.4 is 14.4 Å². The Labute approximate surface area is 315 Å². The Morgan fingerprint density at radius 3 is 2.02 bits per heavy atom. The molecule has 0 N–H and O–H groups in total. The van der Waals surface area contributed by atoms with Gasteiger partial charge in [0.25, 0.3) is 0 Å². The summed E-state index contributed by atoms with van der Waals surface area (Å²) in [5, 5.41) is 12.0. The van der Waals surface area contributed by atoms with Gasteiger partial charge in [-0.05, 0) is 84.4 Å². The van der Waals surface area contributed by atoms with Crippen molar-refractivity contribution in [1.29, 1.82) is 5.26 Å². The van der Waals surface area contributed by atoms with Gasteiger partial charge in [-0.1, -0.05) is 72.8 Å². The summed E-state index contributed by atoms with van der Waals surface area (Å²) in [5.74, 6) is 3.08. The summed E-state index contributed by atoms with van der Waals surface area (Å²) < 4.78 is 15.6. The summed E-state index contributed by atoms with van der Waals surface area (Å²) in [5.41, 5.74) is 11.2. The minimum absolute atomic E-state index is 0.619. The number of hydrogen-bond donors (Lipinski definition) is 0. The summed E-state index contributed by atoms with van der Waals surface area (Å²) in [4.78, 5) is 12.6. The molecule has 2 aliphatic heterocycles. The lowest BCUT2D eigenvalue weighted by molar-refractivity contribution is 0.435. The van der Waals surface area contributed by atoms with Crippen LogP contribution >= 0.6 is 0 Å². The first-order valence-corrected chi connectivity index (χ1v) is 18.2. The van der Waals surface area contributed by atoms with Crippen molar-refractivity contribution in [1.82, 2.24) is 14.5 Å². The molecule has 3 aliphatic rings. The van der Waals surface area contributed by atoms with Crippen LogP contribution in [0.25, 0.3) is 38.9 Å². The Hall–Kier alpha value is -7.69. The molecule has 0 saturated carbocycles. The molecule has 256 valence electrons. The molecule has 3 aromatic heterocycles. The average Bonchev–Trinajstić information content (AvgIpc) is 3.72. The van der Waals surface area contributed by atoms with E-state index in [1.807, 2.05) is 73.1 Å². The van der Waals surface area contributed by atoms with Gasteiger partial charge in [0.05, 0.1) is 68.4 Å².